The van der Waals surface area contributed by atoms with Gasteiger partial charge in [-0.3, -0.25) is 4.99 Å². The van der Waals surface area contributed by atoms with E-state index >= 15 is 0 Å². The van der Waals surface area contributed by atoms with Crippen molar-refractivity contribution in [3.05, 3.63) is 0 Å². The summed E-state index contributed by atoms with van der Waals surface area (Å²) in [6, 6.07) is 0.619. The van der Waals surface area contributed by atoms with Crippen LogP contribution in [0.3, 0.4) is 0 Å². The highest BCUT2D eigenvalue weighted by molar-refractivity contribution is 8.14. The average molecular weight is 255 g/mol. The van der Waals surface area contributed by atoms with Crippen molar-refractivity contribution in [2.75, 3.05) is 31.9 Å². The van der Waals surface area contributed by atoms with Crippen molar-refractivity contribution >= 4 is 16.9 Å². The first-order valence-corrected chi connectivity index (χ1v) is 7.90. The van der Waals surface area contributed by atoms with Crippen molar-refractivity contribution in [3.63, 3.8) is 0 Å². The number of thioether (sulfide) groups is 1. The third-order valence-corrected chi connectivity index (χ3v) is 4.68. The van der Waals surface area contributed by atoms with Crippen LogP contribution in [0.1, 0.15) is 33.1 Å². The quantitative estimate of drug-likeness (QED) is 0.834. The molecular formula is C13H25N3S. The van der Waals surface area contributed by atoms with E-state index in [0.29, 0.717) is 12.0 Å². The van der Waals surface area contributed by atoms with E-state index in [9.17, 15) is 0 Å². The van der Waals surface area contributed by atoms with Gasteiger partial charge in [0.05, 0.1) is 6.54 Å². The van der Waals surface area contributed by atoms with Crippen LogP contribution in [0.2, 0.25) is 0 Å². The topological polar surface area (TPSA) is 27.6 Å². The lowest BCUT2D eigenvalue weighted by Crippen LogP contribution is -2.33. The van der Waals surface area contributed by atoms with Crippen LogP contribution in [0.25, 0.3) is 0 Å². The molecule has 2 fully saturated rings. The van der Waals surface area contributed by atoms with Crippen LogP contribution in [-0.4, -0.2) is 48.0 Å². The molecule has 2 aliphatic heterocycles. The van der Waals surface area contributed by atoms with Crippen molar-refractivity contribution in [2.45, 2.75) is 39.2 Å². The summed E-state index contributed by atoms with van der Waals surface area (Å²) in [7, 11) is 0. The van der Waals surface area contributed by atoms with Crippen LogP contribution in [-0.2, 0) is 0 Å². The highest BCUT2D eigenvalue weighted by Crippen LogP contribution is 2.18. The molecule has 17 heavy (non-hydrogen) atoms. The van der Waals surface area contributed by atoms with Crippen molar-refractivity contribution in [2.24, 2.45) is 10.9 Å². The zero-order chi connectivity index (χ0) is 12.1. The largest absolute Gasteiger partial charge is 0.361 e. The van der Waals surface area contributed by atoms with Gasteiger partial charge in [0.2, 0.25) is 0 Å². The van der Waals surface area contributed by atoms with E-state index < -0.39 is 0 Å². The van der Waals surface area contributed by atoms with Gasteiger partial charge in [-0.1, -0.05) is 32.0 Å². The summed E-state index contributed by atoms with van der Waals surface area (Å²) < 4.78 is 0. The molecule has 1 N–H and O–H groups in total. The maximum Gasteiger partial charge on any atom is 0.156 e. The summed E-state index contributed by atoms with van der Waals surface area (Å²) in [5.41, 5.74) is 0. The van der Waals surface area contributed by atoms with Crippen LogP contribution in [0.15, 0.2) is 4.99 Å². The van der Waals surface area contributed by atoms with Crippen molar-refractivity contribution < 1.29 is 0 Å². The lowest BCUT2D eigenvalue weighted by atomic mass is 10.1. The second-order valence-corrected chi connectivity index (χ2v) is 6.40. The van der Waals surface area contributed by atoms with Gasteiger partial charge in [0.1, 0.15) is 0 Å². The van der Waals surface area contributed by atoms with Crippen molar-refractivity contribution in [1.82, 2.24) is 10.2 Å². The summed E-state index contributed by atoms with van der Waals surface area (Å²) in [4.78, 5) is 7.23. The zero-order valence-electron chi connectivity index (χ0n) is 11.1. The lowest BCUT2D eigenvalue weighted by Gasteiger charge is -2.25. The maximum atomic E-state index is 4.68. The molecule has 0 radical (unpaired) electrons. The number of aliphatic imine (C=N–C) groups is 1. The Hall–Kier alpha value is -0.220. The van der Waals surface area contributed by atoms with E-state index in [1.54, 1.807) is 0 Å². The molecule has 0 aromatic rings. The Balaban J connectivity index is 1.67. The van der Waals surface area contributed by atoms with E-state index in [2.05, 4.69) is 29.1 Å². The second-order valence-electron chi connectivity index (χ2n) is 5.40. The summed E-state index contributed by atoms with van der Waals surface area (Å²) in [5.74, 6) is 1.89. The van der Waals surface area contributed by atoms with Crippen LogP contribution in [0.4, 0.5) is 0 Å². The van der Waals surface area contributed by atoms with Crippen LogP contribution < -0.4 is 5.32 Å². The molecular weight excluding hydrogens is 230 g/mol. The minimum atomic E-state index is 0.619. The Morgan fingerprint density at radius 3 is 2.76 bits per heavy atom. The maximum absolute atomic E-state index is 4.68. The lowest BCUT2D eigenvalue weighted by molar-refractivity contribution is 0.235. The molecule has 2 rings (SSSR count). The first-order valence-electron chi connectivity index (χ1n) is 6.92. The molecule has 1 atom stereocenters. The highest BCUT2D eigenvalue weighted by atomic mass is 32.2. The number of amidine groups is 1. The summed E-state index contributed by atoms with van der Waals surface area (Å²) in [6.45, 7) is 9.20. The Morgan fingerprint density at radius 2 is 2.12 bits per heavy atom. The average Bonchev–Trinajstić information content (AvgIpc) is 2.79. The standard InChI is InChI=1S/C13H25N3S/c1-11(2)12-10-17-13(15-12)14-6-9-16-7-4-3-5-8-16/h11-12H,3-10H2,1-2H3,(H,14,15)/t12-/m1/s1. The summed E-state index contributed by atoms with van der Waals surface area (Å²) in [6.07, 6.45) is 4.16. The second kappa shape index (κ2) is 6.64. The molecule has 3 nitrogen and oxygen atoms in total. The predicted molar refractivity (Wildman–Crippen MR) is 76.8 cm³/mol. The third kappa shape index (κ3) is 4.18. The van der Waals surface area contributed by atoms with Gasteiger partial charge in [-0.05, 0) is 31.8 Å². The Bertz CT molecular complexity index is 259. The van der Waals surface area contributed by atoms with Gasteiger partial charge in [0, 0.05) is 18.3 Å². The molecule has 0 amide bonds. The van der Waals surface area contributed by atoms with Gasteiger partial charge < -0.3 is 10.2 Å². The highest BCUT2D eigenvalue weighted by Gasteiger charge is 2.22. The molecule has 0 unspecified atom stereocenters. The van der Waals surface area contributed by atoms with E-state index in [0.717, 1.165) is 13.1 Å². The van der Waals surface area contributed by atoms with Gasteiger partial charge in [-0.25, -0.2) is 0 Å². The fraction of sp³-hybridized carbons (Fsp3) is 0.923. The van der Waals surface area contributed by atoms with Gasteiger partial charge in [0.25, 0.3) is 0 Å². The van der Waals surface area contributed by atoms with E-state index in [-0.39, 0.29) is 0 Å². The number of hydrogen-bond acceptors (Lipinski definition) is 3. The normalized spacial score (nSPS) is 28.9. The minimum absolute atomic E-state index is 0.619. The van der Waals surface area contributed by atoms with Crippen LogP contribution >= 0.6 is 11.8 Å². The number of nitrogens with one attached hydrogen (secondary N) is 1. The molecule has 2 saturated heterocycles. The fourth-order valence-corrected chi connectivity index (χ4v) is 3.56. The van der Waals surface area contributed by atoms with Gasteiger partial charge in [-0.15, -0.1) is 0 Å². The fourth-order valence-electron chi connectivity index (χ4n) is 2.34. The number of piperidine rings is 1. The Morgan fingerprint density at radius 1 is 1.35 bits per heavy atom. The van der Waals surface area contributed by atoms with Gasteiger partial charge in [0.15, 0.2) is 5.17 Å². The predicted octanol–water partition coefficient (Wildman–Crippen LogP) is 2.19. The first-order chi connectivity index (χ1) is 8.25. The number of hydrogen-bond donors (Lipinski definition) is 1. The van der Waals surface area contributed by atoms with Crippen LogP contribution in [0, 0.1) is 5.92 Å². The minimum Gasteiger partial charge on any atom is -0.361 e. The van der Waals surface area contributed by atoms with E-state index in [1.807, 2.05) is 11.8 Å². The molecule has 0 aromatic carbocycles. The molecule has 0 spiro atoms. The van der Waals surface area contributed by atoms with Crippen LogP contribution in [0.5, 0.6) is 0 Å². The number of rotatable bonds is 4. The third-order valence-electron chi connectivity index (χ3n) is 3.63. The van der Waals surface area contributed by atoms with Gasteiger partial charge in [-0.2, -0.15) is 0 Å². The molecule has 0 aromatic heterocycles. The Kier molecular flexibility index (Phi) is 5.16. The number of nitrogens with zero attached hydrogens (tertiary/aromatic N) is 2. The molecule has 0 aliphatic carbocycles. The smallest absolute Gasteiger partial charge is 0.156 e. The van der Waals surface area contributed by atoms with Crippen molar-refractivity contribution in [3.8, 4) is 0 Å². The molecule has 98 valence electrons. The van der Waals surface area contributed by atoms with Gasteiger partial charge >= 0.3 is 0 Å². The van der Waals surface area contributed by atoms with E-state index in [4.69, 9.17) is 0 Å². The first kappa shape index (κ1) is 13.2. The molecule has 4 heteroatoms. The van der Waals surface area contributed by atoms with Crippen molar-refractivity contribution in [1.29, 1.82) is 0 Å². The monoisotopic (exact) mass is 255 g/mol. The molecule has 0 saturated carbocycles. The molecule has 0 bridgehead atoms. The van der Waals surface area contributed by atoms with E-state index in [1.165, 1.54) is 43.3 Å². The Labute approximate surface area is 109 Å². The SMILES string of the molecule is CC(C)[C@H]1CSC(=NCCN2CCCCC2)N1. The summed E-state index contributed by atoms with van der Waals surface area (Å²) in [5, 5.41) is 4.69. The number of likely N-dealkylation sites (tertiary alicyclic amines) is 1. The molecule has 2 aliphatic rings. The zero-order valence-corrected chi connectivity index (χ0v) is 11.9. The molecule has 2 heterocycles. The summed E-state index contributed by atoms with van der Waals surface area (Å²) >= 11 is 1.89.